The van der Waals surface area contributed by atoms with Gasteiger partial charge in [-0.15, -0.1) is 0 Å². The number of halogens is 1. The average molecular weight is 142 g/mol. The molecule has 0 radical (unpaired) electrons. The smallest absolute Gasteiger partial charge is 0.207 e. The van der Waals surface area contributed by atoms with Crippen molar-refractivity contribution in [1.82, 2.24) is 0 Å². The number of benzene rings is 1. The summed E-state index contributed by atoms with van der Waals surface area (Å²) in [5.74, 6) is -0.257. The van der Waals surface area contributed by atoms with Crippen molar-refractivity contribution in [2.45, 2.75) is 4.90 Å². The second-order valence-electron chi connectivity index (χ2n) is 1.56. The molecule has 0 spiro atoms. The third-order valence-electron chi connectivity index (χ3n) is 0.931. The first kappa shape index (κ1) is 6.29. The Hall–Kier alpha value is -0.830. The molecule has 3 heteroatoms. The molecule has 9 heavy (non-hydrogen) atoms. The first-order valence-corrected chi connectivity index (χ1v) is 3.24. The summed E-state index contributed by atoms with van der Waals surface area (Å²) in [6.07, 6.45) is 0. The van der Waals surface area contributed by atoms with Gasteiger partial charge in [-0.2, -0.15) is 0 Å². The minimum atomic E-state index is -0.257. The van der Waals surface area contributed by atoms with Gasteiger partial charge in [0.05, 0.1) is 0 Å². The van der Waals surface area contributed by atoms with Gasteiger partial charge in [-0.3, -0.25) is 0 Å². The Morgan fingerprint density at radius 2 is 1.78 bits per heavy atom. The third-order valence-corrected chi connectivity index (χ3v) is 1.44. The molecule has 1 rings (SSSR count). The zero-order valence-electron chi connectivity index (χ0n) is 4.60. The van der Waals surface area contributed by atoms with Gasteiger partial charge in [0.2, 0.25) is 0 Å². The minimum Gasteiger partial charge on any atom is -0.207 e. The number of hydrogen-bond donors (Lipinski definition) is 1. The van der Waals surface area contributed by atoms with Crippen LogP contribution in [0.15, 0.2) is 29.2 Å². The molecule has 0 unspecified atom stereocenters. The van der Waals surface area contributed by atoms with Gasteiger partial charge in [0.25, 0.3) is 4.90 Å². The van der Waals surface area contributed by atoms with Crippen LogP contribution in [0.25, 0.3) is 0 Å². The lowest BCUT2D eigenvalue weighted by atomic mass is 10.4. The van der Waals surface area contributed by atoms with Gasteiger partial charge in [0.15, 0.2) is 0 Å². The van der Waals surface area contributed by atoms with Crippen LogP contribution in [0.1, 0.15) is 0 Å². The molecule has 0 heterocycles. The van der Waals surface area contributed by atoms with Gasteiger partial charge in [-0.05, 0) is 16.9 Å². The molecule has 0 aliphatic carbocycles. The monoisotopic (exact) mass is 142 g/mol. The highest BCUT2D eigenvalue weighted by Gasteiger charge is 1.99. The highest BCUT2D eigenvalue weighted by atomic mass is 32.1. The number of rotatable bonds is 1. The molecule has 0 bridgehead atoms. The van der Waals surface area contributed by atoms with Crippen LogP contribution < -0.4 is 0 Å². The first-order chi connectivity index (χ1) is 4.33. The maximum Gasteiger partial charge on any atom is 0.354 e. The topological polar surface area (TPSA) is 23.9 Å². The molecular formula is C6H5FNS+. The Morgan fingerprint density at radius 3 is 2.22 bits per heavy atom. The van der Waals surface area contributed by atoms with E-state index >= 15 is 0 Å². The molecule has 0 amide bonds. The molecular weight excluding hydrogens is 137 g/mol. The zero-order valence-corrected chi connectivity index (χ0v) is 5.41. The minimum absolute atomic E-state index is 0.257. The summed E-state index contributed by atoms with van der Waals surface area (Å²) in [5, 5.41) is 0. The summed E-state index contributed by atoms with van der Waals surface area (Å²) >= 11 is 0.861. The van der Waals surface area contributed by atoms with E-state index in [1.54, 1.807) is 12.1 Å². The van der Waals surface area contributed by atoms with Crippen molar-refractivity contribution in [3.63, 3.8) is 0 Å². The Balaban J connectivity index is 3.01. The summed E-state index contributed by atoms with van der Waals surface area (Å²) in [5.41, 5.74) is 0. The van der Waals surface area contributed by atoms with Crippen LogP contribution >= 0.6 is 0 Å². The van der Waals surface area contributed by atoms with Crippen LogP contribution in [0.3, 0.4) is 0 Å². The molecule has 0 fully saturated rings. The summed E-state index contributed by atoms with van der Waals surface area (Å²) in [4.78, 5) is 0.761. The molecule has 1 aromatic rings. The summed E-state index contributed by atoms with van der Waals surface area (Å²) in [7, 11) is 0. The fourth-order valence-electron chi connectivity index (χ4n) is 0.503. The Kier molecular flexibility index (Phi) is 1.85. The maximum absolute atomic E-state index is 12.2. The van der Waals surface area contributed by atoms with Crippen molar-refractivity contribution >= 4 is 11.6 Å². The summed E-state index contributed by atoms with van der Waals surface area (Å²) < 4.78 is 19.0. The van der Waals surface area contributed by atoms with Gasteiger partial charge in [-0.25, -0.2) is 4.39 Å². The first-order valence-electron chi connectivity index (χ1n) is 2.42. The summed E-state index contributed by atoms with van der Waals surface area (Å²) in [6.45, 7) is 0. The average Bonchev–Trinajstić information content (AvgIpc) is 1.90. The van der Waals surface area contributed by atoms with Gasteiger partial charge in [0.1, 0.15) is 5.82 Å². The number of hydrogen-bond acceptors (Lipinski definition) is 1. The van der Waals surface area contributed by atoms with Gasteiger partial charge in [-0.1, -0.05) is 0 Å². The predicted molar refractivity (Wildman–Crippen MR) is 34.8 cm³/mol. The number of nitrogens with one attached hydrogen (secondary N) is 1. The van der Waals surface area contributed by atoms with Crippen molar-refractivity contribution in [1.29, 1.82) is 4.78 Å². The normalized spacial score (nSPS) is 9.00. The molecule has 1 N–H and O–H groups in total. The Morgan fingerprint density at radius 1 is 1.22 bits per heavy atom. The molecule has 0 aliphatic rings. The Labute approximate surface area is 56.4 Å². The maximum atomic E-state index is 12.2. The van der Waals surface area contributed by atoms with E-state index in [9.17, 15) is 4.39 Å². The quantitative estimate of drug-likeness (QED) is 0.580. The van der Waals surface area contributed by atoms with Crippen molar-refractivity contribution in [3.8, 4) is 0 Å². The highest BCUT2D eigenvalue weighted by Crippen LogP contribution is 2.01. The lowest BCUT2D eigenvalue weighted by molar-refractivity contribution is 0.626. The third kappa shape index (κ3) is 1.54. The van der Waals surface area contributed by atoms with Crippen LogP contribution in [-0.2, 0) is 11.6 Å². The Bertz CT molecular complexity index is 207. The van der Waals surface area contributed by atoms with E-state index in [0.717, 1.165) is 16.5 Å². The molecule has 0 aromatic heterocycles. The van der Waals surface area contributed by atoms with Crippen molar-refractivity contribution in [3.05, 3.63) is 30.1 Å². The summed E-state index contributed by atoms with van der Waals surface area (Å²) in [6, 6.07) is 5.84. The van der Waals surface area contributed by atoms with Gasteiger partial charge < -0.3 is 0 Å². The van der Waals surface area contributed by atoms with Crippen molar-refractivity contribution < 1.29 is 4.39 Å². The largest absolute Gasteiger partial charge is 0.354 e. The fourth-order valence-corrected chi connectivity index (χ4v) is 0.775. The van der Waals surface area contributed by atoms with E-state index in [2.05, 4.69) is 0 Å². The second-order valence-corrected chi connectivity index (χ2v) is 2.23. The van der Waals surface area contributed by atoms with Crippen molar-refractivity contribution in [2.75, 3.05) is 0 Å². The molecule has 46 valence electrons. The van der Waals surface area contributed by atoms with Gasteiger partial charge in [0, 0.05) is 12.1 Å². The molecule has 0 aliphatic heterocycles. The second kappa shape index (κ2) is 2.64. The van der Waals surface area contributed by atoms with E-state index in [4.69, 9.17) is 4.78 Å². The standard InChI is InChI=1S/C6H5FNS/c7-5-1-3-6(9-8)4-2-5/h1-4,8H/q+1. The van der Waals surface area contributed by atoms with E-state index < -0.39 is 0 Å². The van der Waals surface area contributed by atoms with Crippen molar-refractivity contribution in [2.24, 2.45) is 0 Å². The van der Waals surface area contributed by atoms with E-state index in [1.807, 2.05) is 0 Å². The zero-order chi connectivity index (χ0) is 6.69. The lowest BCUT2D eigenvalue weighted by Gasteiger charge is -1.79. The fraction of sp³-hybridized carbons (Fsp3) is 0. The van der Waals surface area contributed by atoms with Crippen LogP contribution in [0, 0.1) is 10.6 Å². The van der Waals surface area contributed by atoms with Crippen LogP contribution in [-0.4, -0.2) is 0 Å². The molecule has 0 saturated heterocycles. The molecule has 1 aromatic carbocycles. The van der Waals surface area contributed by atoms with E-state index in [-0.39, 0.29) is 5.82 Å². The highest BCUT2D eigenvalue weighted by molar-refractivity contribution is 7.66. The van der Waals surface area contributed by atoms with E-state index in [0.29, 0.717) is 0 Å². The molecule has 1 nitrogen and oxygen atoms in total. The van der Waals surface area contributed by atoms with Crippen LogP contribution in [0.5, 0.6) is 0 Å². The lowest BCUT2D eigenvalue weighted by Crippen LogP contribution is -1.73. The molecule has 0 atom stereocenters. The van der Waals surface area contributed by atoms with Crippen LogP contribution in [0.2, 0.25) is 0 Å². The molecule has 0 saturated carbocycles. The van der Waals surface area contributed by atoms with Gasteiger partial charge >= 0.3 is 11.6 Å². The SMILES string of the molecule is N=[S+]c1ccc(F)cc1. The van der Waals surface area contributed by atoms with E-state index in [1.165, 1.54) is 12.1 Å². The van der Waals surface area contributed by atoms with Crippen LogP contribution in [0.4, 0.5) is 4.39 Å². The predicted octanol–water partition coefficient (Wildman–Crippen LogP) is 2.03.